The van der Waals surface area contributed by atoms with Gasteiger partial charge in [-0.15, -0.1) is 0 Å². The molecule has 0 unspecified atom stereocenters. The highest BCUT2D eigenvalue weighted by atomic mass is 79.9. The molecule has 7 heteroatoms. The summed E-state index contributed by atoms with van der Waals surface area (Å²) < 4.78 is 6.77. The fourth-order valence-corrected chi connectivity index (χ4v) is 3.40. The van der Waals surface area contributed by atoms with Crippen molar-refractivity contribution in [3.8, 4) is 11.8 Å². The van der Waals surface area contributed by atoms with Crippen molar-refractivity contribution >= 4 is 56.8 Å². The van der Waals surface area contributed by atoms with Crippen molar-refractivity contribution in [1.29, 1.82) is 5.26 Å². The zero-order valence-corrected chi connectivity index (χ0v) is 19.6. The van der Waals surface area contributed by atoms with Gasteiger partial charge in [-0.2, -0.15) is 5.26 Å². The van der Waals surface area contributed by atoms with Crippen LogP contribution in [0.4, 0.5) is 5.69 Å². The molecule has 0 fully saturated rings. The lowest BCUT2D eigenvalue weighted by molar-refractivity contribution is -0.112. The summed E-state index contributed by atoms with van der Waals surface area (Å²) in [5.74, 6) is -0.0150. The third kappa shape index (κ3) is 6.11. The zero-order valence-electron chi connectivity index (χ0n) is 16.5. The van der Waals surface area contributed by atoms with Crippen molar-refractivity contribution in [3.05, 3.63) is 97.4 Å². The maximum atomic E-state index is 12.5. The van der Waals surface area contributed by atoms with E-state index in [2.05, 4.69) is 21.2 Å². The van der Waals surface area contributed by atoms with E-state index in [9.17, 15) is 10.1 Å². The molecule has 0 aliphatic heterocycles. The number of nitrogens with one attached hydrogen (secondary N) is 1. The average Bonchev–Trinajstić information content (AvgIpc) is 2.75. The largest absolute Gasteiger partial charge is 0.487 e. The molecular weight excluding hydrogens is 499 g/mol. The topological polar surface area (TPSA) is 62.1 Å². The van der Waals surface area contributed by atoms with Crippen LogP contribution in [0.25, 0.3) is 6.08 Å². The van der Waals surface area contributed by atoms with E-state index in [0.717, 1.165) is 15.6 Å². The highest BCUT2D eigenvalue weighted by Crippen LogP contribution is 2.28. The van der Waals surface area contributed by atoms with Gasteiger partial charge < -0.3 is 10.1 Å². The normalized spacial score (nSPS) is 11.0. The van der Waals surface area contributed by atoms with Crippen molar-refractivity contribution in [3.63, 3.8) is 0 Å². The molecular formula is C24H17BrCl2N2O2. The van der Waals surface area contributed by atoms with Gasteiger partial charge in [0.05, 0.1) is 5.02 Å². The SMILES string of the molecule is Cc1c(Cl)cccc1NC(=O)/C(C#N)=C/c1ccc(OCc2ccc(Br)cc2)c(Cl)c1. The lowest BCUT2D eigenvalue weighted by Crippen LogP contribution is -2.14. The number of carbonyl (C=O) groups is 1. The first-order valence-electron chi connectivity index (χ1n) is 9.22. The maximum Gasteiger partial charge on any atom is 0.266 e. The Morgan fingerprint density at radius 3 is 2.55 bits per heavy atom. The van der Waals surface area contributed by atoms with Gasteiger partial charge in [-0.3, -0.25) is 4.79 Å². The fourth-order valence-electron chi connectivity index (χ4n) is 2.71. The summed E-state index contributed by atoms with van der Waals surface area (Å²) in [4.78, 5) is 12.5. The molecule has 0 saturated carbocycles. The van der Waals surface area contributed by atoms with Crippen LogP contribution in [0.15, 0.2) is 70.7 Å². The van der Waals surface area contributed by atoms with Crippen molar-refractivity contribution in [2.75, 3.05) is 5.32 Å². The van der Waals surface area contributed by atoms with E-state index in [1.165, 1.54) is 6.08 Å². The number of nitriles is 1. The van der Waals surface area contributed by atoms with E-state index in [4.69, 9.17) is 27.9 Å². The maximum absolute atomic E-state index is 12.5. The van der Waals surface area contributed by atoms with E-state index in [0.29, 0.717) is 33.7 Å². The highest BCUT2D eigenvalue weighted by Gasteiger charge is 2.12. The molecule has 0 atom stereocenters. The van der Waals surface area contributed by atoms with E-state index in [1.807, 2.05) is 30.3 Å². The van der Waals surface area contributed by atoms with Crippen molar-refractivity contribution in [2.24, 2.45) is 0 Å². The molecule has 3 aromatic carbocycles. The molecule has 0 radical (unpaired) electrons. The van der Waals surface area contributed by atoms with Gasteiger partial charge in [0.1, 0.15) is 24.0 Å². The zero-order chi connectivity index (χ0) is 22.4. The Morgan fingerprint density at radius 1 is 1.13 bits per heavy atom. The molecule has 0 spiro atoms. The van der Waals surface area contributed by atoms with Crippen LogP contribution in [0.5, 0.6) is 5.75 Å². The second-order valence-electron chi connectivity index (χ2n) is 6.64. The van der Waals surface area contributed by atoms with Crippen molar-refractivity contribution < 1.29 is 9.53 Å². The number of amides is 1. The Hall–Kier alpha value is -2.78. The van der Waals surface area contributed by atoms with Crippen molar-refractivity contribution in [2.45, 2.75) is 13.5 Å². The first-order chi connectivity index (χ1) is 14.9. The van der Waals surface area contributed by atoms with Crippen LogP contribution in [0.2, 0.25) is 10.0 Å². The summed E-state index contributed by atoms with van der Waals surface area (Å²) in [5, 5.41) is 13.1. The molecule has 1 N–H and O–H groups in total. The smallest absolute Gasteiger partial charge is 0.266 e. The predicted molar refractivity (Wildman–Crippen MR) is 128 cm³/mol. The molecule has 0 aromatic heterocycles. The first kappa shape index (κ1) is 22.9. The highest BCUT2D eigenvalue weighted by molar-refractivity contribution is 9.10. The number of benzene rings is 3. The van der Waals surface area contributed by atoms with E-state index in [1.54, 1.807) is 43.3 Å². The van der Waals surface area contributed by atoms with Crippen LogP contribution in [0.3, 0.4) is 0 Å². The van der Waals surface area contributed by atoms with Gasteiger partial charge in [0.2, 0.25) is 0 Å². The number of rotatable bonds is 6. The summed E-state index contributed by atoms with van der Waals surface area (Å²) in [6.07, 6.45) is 1.47. The molecule has 1 amide bonds. The molecule has 0 saturated heterocycles. The standard InChI is InChI=1S/C24H17BrCl2N2O2/c1-15-20(26)3-2-4-22(15)29-24(30)18(13-28)11-17-7-10-23(21(27)12-17)31-14-16-5-8-19(25)9-6-16/h2-12H,14H2,1H3,(H,29,30)/b18-11+. The Bertz CT molecular complexity index is 1190. The van der Waals surface area contributed by atoms with E-state index < -0.39 is 5.91 Å². The monoisotopic (exact) mass is 514 g/mol. The molecule has 31 heavy (non-hydrogen) atoms. The van der Waals surface area contributed by atoms with Crippen LogP contribution >= 0.6 is 39.1 Å². The van der Waals surface area contributed by atoms with Crippen LogP contribution in [0, 0.1) is 18.3 Å². The Labute approximate surface area is 199 Å². The summed E-state index contributed by atoms with van der Waals surface area (Å²) in [7, 11) is 0. The molecule has 0 bridgehead atoms. The van der Waals surface area contributed by atoms with Gasteiger partial charge >= 0.3 is 0 Å². The van der Waals surface area contributed by atoms with Gasteiger partial charge in [-0.25, -0.2) is 0 Å². The number of halogens is 3. The third-order valence-electron chi connectivity index (χ3n) is 4.46. The van der Waals surface area contributed by atoms with Gasteiger partial charge in [-0.1, -0.05) is 63.4 Å². The Balaban J connectivity index is 1.72. The summed E-state index contributed by atoms with van der Waals surface area (Å²) >= 11 is 15.8. The fraction of sp³-hybridized carbons (Fsp3) is 0.0833. The number of anilines is 1. The molecule has 0 aliphatic carbocycles. The van der Waals surface area contributed by atoms with Gasteiger partial charge in [-0.05, 0) is 66.1 Å². The average molecular weight is 516 g/mol. The number of hydrogen-bond acceptors (Lipinski definition) is 3. The summed E-state index contributed by atoms with van der Waals surface area (Å²) in [6.45, 7) is 2.16. The van der Waals surface area contributed by atoms with E-state index >= 15 is 0 Å². The third-order valence-corrected chi connectivity index (χ3v) is 5.69. The second-order valence-corrected chi connectivity index (χ2v) is 8.37. The van der Waals surface area contributed by atoms with E-state index in [-0.39, 0.29) is 5.57 Å². The number of carbonyl (C=O) groups excluding carboxylic acids is 1. The minimum Gasteiger partial charge on any atom is -0.487 e. The van der Waals surface area contributed by atoms with Gasteiger partial charge in [0.15, 0.2) is 0 Å². The quantitative estimate of drug-likeness (QED) is 0.279. The Kier molecular flexibility index (Phi) is 7.75. The Morgan fingerprint density at radius 2 is 1.87 bits per heavy atom. The molecule has 156 valence electrons. The number of nitrogens with zero attached hydrogens (tertiary/aromatic N) is 1. The van der Waals surface area contributed by atoms with Crippen LogP contribution in [0.1, 0.15) is 16.7 Å². The molecule has 4 nitrogen and oxygen atoms in total. The van der Waals surface area contributed by atoms with Crippen molar-refractivity contribution in [1.82, 2.24) is 0 Å². The van der Waals surface area contributed by atoms with Crippen LogP contribution in [-0.2, 0) is 11.4 Å². The van der Waals surface area contributed by atoms with Crippen LogP contribution in [-0.4, -0.2) is 5.91 Å². The minimum absolute atomic E-state index is 0.0565. The van der Waals surface area contributed by atoms with Gasteiger partial charge in [0, 0.05) is 15.2 Å². The number of ether oxygens (including phenoxy) is 1. The summed E-state index contributed by atoms with van der Waals surface area (Å²) in [6, 6.07) is 20.0. The minimum atomic E-state index is -0.528. The van der Waals surface area contributed by atoms with Gasteiger partial charge in [0.25, 0.3) is 5.91 Å². The molecule has 3 aromatic rings. The number of hydrogen-bond donors (Lipinski definition) is 1. The molecule has 0 heterocycles. The molecule has 0 aliphatic rings. The molecule has 3 rings (SSSR count). The first-order valence-corrected chi connectivity index (χ1v) is 10.8. The lowest BCUT2D eigenvalue weighted by Gasteiger charge is -2.10. The second kappa shape index (κ2) is 10.5. The summed E-state index contributed by atoms with van der Waals surface area (Å²) in [5.41, 5.74) is 2.83. The predicted octanol–water partition coefficient (Wildman–Crippen LogP) is 7.19. The van der Waals surface area contributed by atoms with Crippen LogP contribution < -0.4 is 10.1 Å². The lowest BCUT2D eigenvalue weighted by atomic mass is 10.1.